The van der Waals surface area contributed by atoms with Crippen molar-refractivity contribution in [3.05, 3.63) is 46.3 Å². The smallest absolute Gasteiger partial charge is 0.287 e. The zero-order valence-corrected chi connectivity index (χ0v) is 14.2. The summed E-state index contributed by atoms with van der Waals surface area (Å²) in [5.74, 6) is 0.891. The van der Waals surface area contributed by atoms with Crippen molar-refractivity contribution in [2.75, 3.05) is 19.9 Å². The maximum atomic E-state index is 11.8. The summed E-state index contributed by atoms with van der Waals surface area (Å²) in [5.41, 5.74) is 1.03. The summed E-state index contributed by atoms with van der Waals surface area (Å²) in [6.45, 7) is 0.584. The quantitative estimate of drug-likeness (QED) is 0.780. The third-order valence-electron chi connectivity index (χ3n) is 3.38. The summed E-state index contributed by atoms with van der Waals surface area (Å²) < 4.78 is 16.1. The lowest BCUT2D eigenvalue weighted by Gasteiger charge is -2.07. The van der Waals surface area contributed by atoms with Crippen molar-refractivity contribution >= 4 is 27.7 Å². The van der Waals surface area contributed by atoms with E-state index in [0.29, 0.717) is 17.6 Å². The van der Waals surface area contributed by atoms with E-state index in [2.05, 4.69) is 26.6 Å². The summed E-state index contributed by atoms with van der Waals surface area (Å²) in [7, 11) is 0. The largest absolute Gasteiger partial charge is 0.454 e. The van der Waals surface area contributed by atoms with Gasteiger partial charge in [0.05, 0.1) is 6.54 Å². The van der Waals surface area contributed by atoms with Crippen molar-refractivity contribution in [3.8, 4) is 11.5 Å². The van der Waals surface area contributed by atoms with E-state index in [0.717, 1.165) is 17.1 Å². The molecule has 0 fully saturated rings. The average Bonchev–Trinajstić information content (AvgIpc) is 3.21. The van der Waals surface area contributed by atoms with Gasteiger partial charge in [-0.15, -0.1) is 0 Å². The molecule has 0 saturated heterocycles. The summed E-state index contributed by atoms with van der Waals surface area (Å²) in [6, 6.07) is 8.81. The first-order chi connectivity index (χ1) is 11.6. The van der Waals surface area contributed by atoms with E-state index in [1.54, 1.807) is 6.07 Å². The van der Waals surface area contributed by atoms with Gasteiger partial charge < -0.3 is 24.5 Å². The molecule has 0 radical (unpaired) electrons. The molecule has 24 heavy (non-hydrogen) atoms. The molecule has 2 amide bonds. The molecule has 0 saturated carbocycles. The van der Waals surface area contributed by atoms with Crippen LogP contribution >= 0.6 is 15.9 Å². The zero-order valence-electron chi connectivity index (χ0n) is 12.6. The third-order valence-corrected chi connectivity index (χ3v) is 3.81. The molecule has 3 rings (SSSR count). The van der Waals surface area contributed by atoms with Crippen molar-refractivity contribution in [2.24, 2.45) is 0 Å². The fourth-order valence-corrected chi connectivity index (χ4v) is 2.50. The zero-order chi connectivity index (χ0) is 16.9. The maximum Gasteiger partial charge on any atom is 0.287 e. The van der Waals surface area contributed by atoms with Crippen molar-refractivity contribution in [3.63, 3.8) is 0 Å². The van der Waals surface area contributed by atoms with Gasteiger partial charge in [0, 0.05) is 6.54 Å². The Hall–Kier alpha value is -2.48. The van der Waals surface area contributed by atoms with E-state index in [9.17, 15) is 9.59 Å². The lowest BCUT2D eigenvalue weighted by Crippen LogP contribution is -2.37. The van der Waals surface area contributed by atoms with Gasteiger partial charge in [-0.1, -0.05) is 6.07 Å². The van der Waals surface area contributed by atoms with Crippen LogP contribution in [0.5, 0.6) is 11.5 Å². The van der Waals surface area contributed by atoms with E-state index >= 15 is 0 Å². The van der Waals surface area contributed by atoms with Crippen LogP contribution in [-0.2, 0) is 11.2 Å². The molecule has 1 aromatic heterocycles. The van der Waals surface area contributed by atoms with Gasteiger partial charge in [0.2, 0.25) is 12.7 Å². The van der Waals surface area contributed by atoms with Crippen LogP contribution in [-0.4, -0.2) is 31.7 Å². The minimum absolute atomic E-state index is 0.113. The standard InChI is InChI=1S/C16H15BrN2O5/c17-14-4-3-12(24-14)16(21)19-8-15(20)18-6-5-10-1-2-11-13(7-10)23-9-22-11/h1-4,7H,5-6,8-9H2,(H,18,20)(H,19,21). The Bertz CT molecular complexity index is 759. The van der Waals surface area contributed by atoms with E-state index in [-0.39, 0.29) is 25.0 Å². The number of rotatable bonds is 6. The van der Waals surface area contributed by atoms with Gasteiger partial charge in [-0.05, 0) is 52.2 Å². The monoisotopic (exact) mass is 394 g/mol. The molecule has 2 N–H and O–H groups in total. The first kappa shape index (κ1) is 16.4. The number of fused-ring (bicyclic) bond motifs is 1. The Morgan fingerprint density at radius 1 is 1.08 bits per heavy atom. The van der Waals surface area contributed by atoms with Gasteiger partial charge in [0.15, 0.2) is 21.9 Å². The molecular formula is C16H15BrN2O5. The molecule has 0 atom stereocenters. The Morgan fingerprint density at radius 2 is 1.92 bits per heavy atom. The van der Waals surface area contributed by atoms with Crippen LogP contribution in [0.4, 0.5) is 0 Å². The van der Waals surface area contributed by atoms with E-state index in [1.165, 1.54) is 6.07 Å². The molecule has 2 aromatic rings. The number of benzene rings is 1. The normalized spacial score (nSPS) is 12.0. The second kappa shape index (κ2) is 7.39. The number of hydrogen-bond acceptors (Lipinski definition) is 5. The predicted octanol–water partition coefficient (Wildman–Crippen LogP) is 1.86. The highest BCUT2D eigenvalue weighted by Gasteiger charge is 2.14. The molecule has 7 nitrogen and oxygen atoms in total. The third kappa shape index (κ3) is 4.08. The summed E-state index contributed by atoms with van der Waals surface area (Å²) in [5, 5.41) is 5.24. The van der Waals surface area contributed by atoms with Gasteiger partial charge in [0.1, 0.15) is 0 Å². The van der Waals surface area contributed by atoms with Crippen LogP contribution in [0.3, 0.4) is 0 Å². The van der Waals surface area contributed by atoms with Crippen molar-refractivity contribution in [2.45, 2.75) is 6.42 Å². The minimum Gasteiger partial charge on any atom is -0.454 e. The van der Waals surface area contributed by atoms with Gasteiger partial charge in [0.25, 0.3) is 5.91 Å². The van der Waals surface area contributed by atoms with Crippen LogP contribution in [0.25, 0.3) is 0 Å². The first-order valence-corrected chi connectivity index (χ1v) is 8.10. The molecule has 0 spiro atoms. The van der Waals surface area contributed by atoms with Crippen LogP contribution in [0.1, 0.15) is 16.1 Å². The average molecular weight is 395 g/mol. The van der Waals surface area contributed by atoms with E-state index < -0.39 is 5.91 Å². The van der Waals surface area contributed by atoms with Gasteiger partial charge in [-0.2, -0.15) is 0 Å². The summed E-state index contributed by atoms with van der Waals surface area (Å²) in [6.07, 6.45) is 0.654. The lowest BCUT2D eigenvalue weighted by molar-refractivity contribution is -0.120. The number of nitrogens with one attached hydrogen (secondary N) is 2. The summed E-state index contributed by atoms with van der Waals surface area (Å²) in [4.78, 5) is 23.5. The van der Waals surface area contributed by atoms with Crippen LogP contribution < -0.4 is 20.1 Å². The predicted molar refractivity (Wildman–Crippen MR) is 88.0 cm³/mol. The number of ether oxygens (including phenoxy) is 2. The SMILES string of the molecule is O=C(CNC(=O)c1ccc(Br)o1)NCCc1ccc2c(c1)OCO2. The van der Waals surface area contributed by atoms with Gasteiger partial charge in [-0.3, -0.25) is 9.59 Å². The maximum absolute atomic E-state index is 11.8. The number of amides is 2. The van der Waals surface area contributed by atoms with E-state index in [1.807, 2.05) is 18.2 Å². The highest BCUT2D eigenvalue weighted by atomic mass is 79.9. The Morgan fingerprint density at radius 3 is 2.71 bits per heavy atom. The van der Waals surface area contributed by atoms with E-state index in [4.69, 9.17) is 13.9 Å². The number of carbonyl (C=O) groups is 2. The molecule has 1 aliphatic heterocycles. The second-order valence-corrected chi connectivity index (χ2v) is 5.86. The van der Waals surface area contributed by atoms with Crippen molar-refractivity contribution in [1.82, 2.24) is 10.6 Å². The molecule has 126 valence electrons. The minimum atomic E-state index is -0.438. The fraction of sp³-hybridized carbons (Fsp3) is 0.250. The Labute approximate surface area is 146 Å². The first-order valence-electron chi connectivity index (χ1n) is 7.30. The molecule has 2 heterocycles. The van der Waals surface area contributed by atoms with Crippen LogP contribution in [0, 0.1) is 0 Å². The van der Waals surface area contributed by atoms with Gasteiger partial charge in [-0.25, -0.2) is 0 Å². The van der Waals surface area contributed by atoms with Gasteiger partial charge >= 0.3 is 0 Å². The Balaban J connectivity index is 1.39. The number of carbonyl (C=O) groups excluding carboxylic acids is 2. The molecule has 1 aliphatic rings. The molecular weight excluding hydrogens is 380 g/mol. The highest BCUT2D eigenvalue weighted by molar-refractivity contribution is 9.10. The molecule has 0 aliphatic carbocycles. The number of hydrogen-bond donors (Lipinski definition) is 2. The Kier molecular flexibility index (Phi) is 5.05. The second-order valence-electron chi connectivity index (χ2n) is 5.07. The summed E-state index contributed by atoms with van der Waals surface area (Å²) >= 11 is 3.11. The molecule has 1 aromatic carbocycles. The topological polar surface area (TPSA) is 89.8 Å². The number of halogens is 1. The van der Waals surface area contributed by atoms with Crippen molar-refractivity contribution < 1.29 is 23.5 Å². The van der Waals surface area contributed by atoms with Crippen molar-refractivity contribution in [1.29, 1.82) is 0 Å². The molecule has 0 unspecified atom stereocenters. The highest BCUT2D eigenvalue weighted by Crippen LogP contribution is 2.32. The fourth-order valence-electron chi connectivity index (χ4n) is 2.19. The van der Waals surface area contributed by atoms with Crippen LogP contribution in [0.15, 0.2) is 39.4 Å². The lowest BCUT2D eigenvalue weighted by atomic mass is 10.1. The van der Waals surface area contributed by atoms with Crippen LogP contribution in [0.2, 0.25) is 0 Å². The number of furan rings is 1. The molecule has 8 heteroatoms. The molecule has 0 bridgehead atoms.